The molecule has 142 valence electrons. The molecule has 0 fully saturated rings. The number of fused-ring (bicyclic) bond motifs is 4. The Labute approximate surface area is 179 Å². The lowest BCUT2D eigenvalue weighted by atomic mass is 9.97. The summed E-state index contributed by atoms with van der Waals surface area (Å²) in [5, 5.41) is 8.86. The zero-order chi connectivity index (χ0) is 19.9. The summed E-state index contributed by atoms with van der Waals surface area (Å²) in [5.74, 6) is 0. The number of nitrogens with one attached hydrogen (secondary N) is 1. The van der Waals surface area contributed by atoms with E-state index in [-0.39, 0.29) is 0 Å². The Morgan fingerprint density at radius 3 is 2.03 bits per heavy atom. The highest BCUT2D eigenvalue weighted by Gasteiger charge is 2.15. The van der Waals surface area contributed by atoms with Gasteiger partial charge in [0, 0.05) is 21.2 Å². The van der Waals surface area contributed by atoms with Crippen LogP contribution in [0.15, 0.2) is 109 Å². The first kappa shape index (κ1) is 17.3. The summed E-state index contributed by atoms with van der Waals surface area (Å²) in [6.45, 7) is 0. The first-order valence-electron chi connectivity index (χ1n) is 10.1. The van der Waals surface area contributed by atoms with Crippen LogP contribution in [0.2, 0.25) is 0 Å². The molecule has 6 rings (SSSR count). The fraction of sp³-hybridized carbons (Fsp3) is 0. The third-order valence-electron chi connectivity index (χ3n) is 5.62. The van der Waals surface area contributed by atoms with Crippen LogP contribution in [-0.2, 0) is 0 Å². The maximum Gasteiger partial charge on any atom is 0.0596 e. The van der Waals surface area contributed by atoms with E-state index in [1.165, 1.54) is 42.1 Å². The maximum absolute atomic E-state index is 3.64. The summed E-state index contributed by atoms with van der Waals surface area (Å²) in [6.07, 6.45) is 0. The quantitative estimate of drug-likeness (QED) is 0.313. The molecule has 0 saturated heterocycles. The van der Waals surface area contributed by atoms with Gasteiger partial charge in [0.05, 0.1) is 10.4 Å². The van der Waals surface area contributed by atoms with Crippen LogP contribution < -0.4 is 5.32 Å². The molecular weight excluding hydrogens is 382 g/mol. The molecule has 0 spiro atoms. The minimum absolute atomic E-state index is 1.11. The van der Waals surface area contributed by atoms with E-state index >= 15 is 0 Å². The van der Waals surface area contributed by atoms with Gasteiger partial charge in [-0.25, -0.2) is 0 Å². The van der Waals surface area contributed by atoms with Gasteiger partial charge in [-0.15, -0.1) is 11.3 Å². The topological polar surface area (TPSA) is 12.0 Å². The molecule has 5 aromatic carbocycles. The highest BCUT2D eigenvalue weighted by Crippen LogP contribution is 2.45. The summed E-state index contributed by atoms with van der Waals surface area (Å²) < 4.78 is 2.62. The predicted molar refractivity (Wildman–Crippen MR) is 132 cm³/mol. The van der Waals surface area contributed by atoms with Gasteiger partial charge in [0.25, 0.3) is 0 Å². The van der Waals surface area contributed by atoms with Gasteiger partial charge < -0.3 is 5.32 Å². The third kappa shape index (κ3) is 2.85. The van der Waals surface area contributed by atoms with Crippen molar-refractivity contribution in [2.45, 2.75) is 0 Å². The lowest BCUT2D eigenvalue weighted by Crippen LogP contribution is -1.90. The van der Waals surface area contributed by atoms with Gasteiger partial charge in [-0.2, -0.15) is 0 Å². The zero-order valence-corrected chi connectivity index (χ0v) is 17.1. The van der Waals surface area contributed by atoms with Crippen molar-refractivity contribution in [2.24, 2.45) is 0 Å². The Balaban J connectivity index is 1.68. The summed E-state index contributed by atoms with van der Waals surface area (Å²) >= 11 is 1.87. The Morgan fingerprint density at radius 2 is 1.27 bits per heavy atom. The Hall–Kier alpha value is -3.62. The van der Waals surface area contributed by atoms with E-state index in [1.807, 2.05) is 17.4 Å². The maximum atomic E-state index is 3.64. The van der Waals surface area contributed by atoms with Crippen molar-refractivity contribution in [3.05, 3.63) is 109 Å². The molecule has 1 N–H and O–H groups in total. The zero-order valence-electron chi connectivity index (χ0n) is 16.3. The van der Waals surface area contributed by atoms with E-state index < -0.39 is 0 Å². The summed E-state index contributed by atoms with van der Waals surface area (Å²) in [4.78, 5) is 0. The number of hydrogen-bond donors (Lipinski definition) is 1. The van der Waals surface area contributed by atoms with Crippen molar-refractivity contribution in [3.63, 3.8) is 0 Å². The molecule has 0 radical (unpaired) electrons. The molecule has 0 amide bonds. The lowest BCUT2D eigenvalue weighted by molar-refractivity contribution is 1.58. The highest BCUT2D eigenvalue weighted by atomic mass is 32.1. The van der Waals surface area contributed by atoms with E-state index in [1.54, 1.807) is 0 Å². The SMILES string of the molecule is c1ccc(Nc2ccc(-c3ccccc3)c3c2sc2cc4ccccc4cc23)cc1. The minimum atomic E-state index is 1.11. The largest absolute Gasteiger partial charge is 0.354 e. The van der Waals surface area contributed by atoms with Crippen LogP contribution in [0.3, 0.4) is 0 Å². The minimum Gasteiger partial charge on any atom is -0.354 e. The smallest absolute Gasteiger partial charge is 0.0596 e. The fourth-order valence-electron chi connectivity index (χ4n) is 4.20. The molecule has 0 aliphatic carbocycles. The fourth-order valence-corrected chi connectivity index (χ4v) is 5.43. The number of hydrogen-bond acceptors (Lipinski definition) is 2. The molecule has 0 aliphatic rings. The van der Waals surface area contributed by atoms with E-state index in [0.29, 0.717) is 0 Å². The van der Waals surface area contributed by atoms with Crippen LogP contribution in [0.1, 0.15) is 0 Å². The van der Waals surface area contributed by atoms with Crippen molar-refractivity contribution in [1.29, 1.82) is 0 Å². The summed E-state index contributed by atoms with van der Waals surface area (Å²) in [6, 6.07) is 38.9. The molecule has 0 atom stereocenters. The van der Waals surface area contributed by atoms with E-state index in [4.69, 9.17) is 0 Å². The van der Waals surface area contributed by atoms with Crippen LogP contribution >= 0.6 is 11.3 Å². The number of thiophene rings is 1. The monoisotopic (exact) mass is 401 g/mol. The van der Waals surface area contributed by atoms with Gasteiger partial charge >= 0.3 is 0 Å². The van der Waals surface area contributed by atoms with Crippen LogP contribution in [0, 0.1) is 0 Å². The molecular formula is C28H19NS. The number of benzene rings is 5. The molecule has 1 aromatic heterocycles. The van der Waals surface area contributed by atoms with Crippen LogP contribution in [0.5, 0.6) is 0 Å². The van der Waals surface area contributed by atoms with Gasteiger partial charge in [0.1, 0.15) is 0 Å². The lowest BCUT2D eigenvalue weighted by Gasteiger charge is -2.11. The Bertz CT molecular complexity index is 1500. The molecule has 30 heavy (non-hydrogen) atoms. The molecule has 1 nitrogen and oxygen atoms in total. The van der Waals surface area contributed by atoms with E-state index in [0.717, 1.165) is 11.4 Å². The Kier molecular flexibility index (Phi) is 4.03. The number of para-hydroxylation sites is 1. The second-order valence-corrected chi connectivity index (χ2v) is 8.57. The average Bonchev–Trinajstić information content (AvgIpc) is 3.18. The van der Waals surface area contributed by atoms with Crippen molar-refractivity contribution in [1.82, 2.24) is 0 Å². The standard InChI is InChI=1S/C28H19NS/c1-3-9-19(10-4-1)23-15-16-25(29-22-13-5-2-6-14-22)28-27(23)24-17-20-11-7-8-12-21(20)18-26(24)30-28/h1-18,29H. The molecule has 0 unspecified atom stereocenters. The molecule has 6 aromatic rings. The summed E-state index contributed by atoms with van der Waals surface area (Å²) in [7, 11) is 0. The highest BCUT2D eigenvalue weighted by molar-refractivity contribution is 7.26. The van der Waals surface area contributed by atoms with Gasteiger partial charge in [-0.1, -0.05) is 78.9 Å². The van der Waals surface area contributed by atoms with Crippen LogP contribution in [-0.4, -0.2) is 0 Å². The predicted octanol–water partition coefficient (Wildman–Crippen LogP) is 8.62. The average molecular weight is 402 g/mol. The Morgan fingerprint density at radius 1 is 0.600 bits per heavy atom. The molecule has 2 heteroatoms. The van der Waals surface area contributed by atoms with Crippen molar-refractivity contribution < 1.29 is 0 Å². The van der Waals surface area contributed by atoms with Crippen molar-refractivity contribution >= 4 is 53.7 Å². The van der Waals surface area contributed by atoms with Gasteiger partial charge in [0.15, 0.2) is 0 Å². The van der Waals surface area contributed by atoms with Gasteiger partial charge in [0.2, 0.25) is 0 Å². The third-order valence-corrected chi connectivity index (χ3v) is 6.81. The van der Waals surface area contributed by atoms with Gasteiger partial charge in [-0.05, 0) is 52.2 Å². The van der Waals surface area contributed by atoms with E-state index in [9.17, 15) is 0 Å². The van der Waals surface area contributed by atoms with Crippen LogP contribution in [0.4, 0.5) is 11.4 Å². The summed E-state index contributed by atoms with van der Waals surface area (Å²) in [5.41, 5.74) is 4.79. The van der Waals surface area contributed by atoms with Crippen molar-refractivity contribution in [3.8, 4) is 11.1 Å². The normalized spacial score (nSPS) is 11.3. The molecule has 0 bridgehead atoms. The number of anilines is 2. The molecule has 1 heterocycles. The second-order valence-electron chi connectivity index (χ2n) is 7.52. The van der Waals surface area contributed by atoms with E-state index in [2.05, 4.69) is 108 Å². The first-order valence-corrected chi connectivity index (χ1v) is 10.9. The van der Waals surface area contributed by atoms with Crippen LogP contribution in [0.25, 0.3) is 42.1 Å². The first-order chi connectivity index (χ1) is 14.9. The molecule has 0 saturated carbocycles. The second kappa shape index (κ2) is 7.01. The molecule has 0 aliphatic heterocycles. The van der Waals surface area contributed by atoms with Gasteiger partial charge in [-0.3, -0.25) is 0 Å². The number of rotatable bonds is 3. The van der Waals surface area contributed by atoms with Crippen molar-refractivity contribution in [2.75, 3.05) is 5.32 Å².